The zero-order chi connectivity index (χ0) is 45.6. The molecule has 0 aliphatic heterocycles. The van der Waals surface area contributed by atoms with Crippen LogP contribution in [0, 0.1) is 0 Å². The lowest BCUT2D eigenvalue weighted by atomic mass is 9.82. The quantitative estimate of drug-likeness (QED) is 0.140. The predicted molar refractivity (Wildman–Crippen MR) is 289 cm³/mol. The van der Waals surface area contributed by atoms with Crippen molar-refractivity contribution in [3.8, 4) is 77.9 Å². The molecule has 0 bridgehead atoms. The van der Waals surface area contributed by atoms with Crippen LogP contribution in [0.2, 0.25) is 0 Å². The van der Waals surface area contributed by atoms with Crippen molar-refractivity contribution >= 4 is 27.8 Å². The van der Waals surface area contributed by atoms with Crippen LogP contribution in [0.15, 0.2) is 261 Å². The molecule has 0 aromatic heterocycles. The predicted octanol–water partition coefficient (Wildman–Crippen LogP) is 18.6. The van der Waals surface area contributed by atoms with Gasteiger partial charge in [0, 0.05) is 22.4 Å². The maximum Gasteiger partial charge on any atom is 0.0540 e. The highest BCUT2D eigenvalue weighted by molar-refractivity contribution is 6.09. The number of rotatable bonds is 9. The Labute approximate surface area is 399 Å². The molecule has 1 nitrogen and oxygen atoms in total. The summed E-state index contributed by atoms with van der Waals surface area (Å²) < 4.78 is 0. The minimum absolute atomic E-state index is 0.0920. The van der Waals surface area contributed by atoms with E-state index in [1.807, 2.05) is 0 Å². The molecular formula is C67H49N. The van der Waals surface area contributed by atoms with Crippen LogP contribution in [0.5, 0.6) is 0 Å². The summed E-state index contributed by atoms with van der Waals surface area (Å²) in [5.74, 6) is 0. The van der Waals surface area contributed by atoms with Gasteiger partial charge in [-0.2, -0.15) is 0 Å². The summed E-state index contributed by atoms with van der Waals surface area (Å²) in [6.45, 7) is 4.70. The van der Waals surface area contributed by atoms with Gasteiger partial charge < -0.3 is 4.90 Å². The zero-order valence-electron chi connectivity index (χ0n) is 38.3. The molecule has 0 amide bonds. The Kier molecular flexibility index (Phi) is 10.3. The second-order valence-electron chi connectivity index (χ2n) is 18.4. The molecular weight excluding hydrogens is 819 g/mol. The summed E-state index contributed by atoms with van der Waals surface area (Å²) in [5, 5.41) is 2.48. The number of fused-ring (bicyclic) bond motifs is 4. The van der Waals surface area contributed by atoms with Gasteiger partial charge in [0.15, 0.2) is 0 Å². The molecule has 0 heterocycles. The summed E-state index contributed by atoms with van der Waals surface area (Å²) in [6.07, 6.45) is 0. The third-order valence-electron chi connectivity index (χ3n) is 14.1. The summed E-state index contributed by atoms with van der Waals surface area (Å²) in [6, 6.07) is 95.8. The summed E-state index contributed by atoms with van der Waals surface area (Å²) >= 11 is 0. The van der Waals surface area contributed by atoms with Crippen LogP contribution >= 0.6 is 0 Å². The Bertz CT molecular complexity index is 3620. The van der Waals surface area contributed by atoms with E-state index in [-0.39, 0.29) is 5.41 Å². The van der Waals surface area contributed by atoms with Crippen LogP contribution in [0.1, 0.15) is 25.0 Å². The van der Waals surface area contributed by atoms with Crippen molar-refractivity contribution in [1.82, 2.24) is 0 Å². The molecule has 68 heavy (non-hydrogen) atoms. The van der Waals surface area contributed by atoms with Gasteiger partial charge in [0.2, 0.25) is 0 Å². The van der Waals surface area contributed by atoms with Crippen LogP contribution in [0.3, 0.4) is 0 Å². The Morgan fingerprint density at radius 2 is 0.721 bits per heavy atom. The van der Waals surface area contributed by atoms with E-state index >= 15 is 0 Å². The normalized spacial score (nSPS) is 12.4. The zero-order valence-corrected chi connectivity index (χ0v) is 38.3. The third-order valence-corrected chi connectivity index (χ3v) is 14.1. The molecule has 1 aliphatic rings. The molecule has 0 saturated heterocycles. The molecule has 1 aliphatic carbocycles. The van der Waals surface area contributed by atoms with Crippen molar-refractivity contribution < 1.29 is 0 Å². The lowest BCUT2D eigenvalue weighted by Crippen LogP contribution is -2.15. The van der Waals surface area contributed by atoms with E-state index in [2.05, 4.69) is 280 Å². The molecule has 11 aromatic rings. The van der Waals surface area contributed by atoms with Gasteiger partial charge in [0.1, 0.15) is 0 Å². The standard InChI is InChI=1S/C67H49N/c1-67(2)63-35-17-15-32-58(63)62-45-53(39-42-64(62)67)68(65-36-18-16-31-55(65)46-21-7-3-8-22-46)52-38-41-54(61(44-52)49-27-13-6-14-28-49)51-37-40-57(60(43-51)48-25-11-5-12-26-48)59-34-20-30-50-29-19-33-56(66(50)59)47-23-9-4-10-24-47/h3-45H,1-2H3. The van der Waals surface area contributed by atoms with E-state index in [1.54, 1.807) is 0 Å². The van der Waals surface area contributed by atoms with Gasteiger partial charge in [0.05, 0.1) is 5.69 Å². The first-order valence-corrected chi connectivity index (χ1v) is 23.7. The molecule has 1 heteroatoms. The topological polar surface area (TPSA) is 3.24 Å². The van der Waals surface area contributed by atoms with E-state index in [9.17, 15) is 0 Å². The first-order chi connectivity index (χ1) is 33.5. The van der Waals surface area contributed by atoms with Gasteiger partial charge in [0.25, 0.3) is 0 Å². The first kappa shape index (κ1) is 40.9. The maximum atomic E-state index is 2.47. The Morgan fingerprint density at radius 1 is 0.265 bits per heavy atom. The Morgan fingerprint density at radius 3 is 1.37 bits per heavy atom. The van der Waals surface area contributed by atoms with E-state index in [0.717, 1.165) is 28.2 Å². The van der Waals surface area contributed by atoms with Crippen LogP contribution in [0.25, 0.3) is 88.7 Å². The van der Waals surface area contributed by atoms with Crippen molar-refractivity contribution in [2.45, 2.75) is 19.3 Å². The fraction of sp³-hybridized carbons (Fsp3) is 0.0448. The van der Waals surface area contributed by atoms with E-state index < -0.39 is 0 Å². The highest BCUT2D eigenvalue weighted by Gasteiger charge is 2.36. The monoisotopic (exact) mass is 867 g/mol. The van der Waals surface area contributed by atoms with Crippen molar-refractivity contribution in [3.05, 3.63) is 272 Å². The number of hydrogen-bond donors (Lipinski definition) is 0. The lowest BCUT2D eigenvalue weighted by molar-refractivity contribution is 0.660. The smallest absolute Gasteiger partial charge is 0.0540 e. The average molecular weight is 868 g/mol. The fourth-order valence-electron chi connectivity index (χ4n) is 10.8. The number of benzene rings is 11. The number of para-hydroxylation sites is 1. The summed E-state index contributed by atoms with van der Waals surface area (Å²) in [5.41, 5.74) is 22.8. The highest BCUT2D eigenvalue weighted by Crippen LogP contribution is 2.52. The van der Waals surface area contributed by atoms with Crippen LogP contribution in [-0.2, 0) is 5.41 Å². The molecule has 322 valence electrons. The third kappa shape index (κ3) is 7.12. The number of anilines is 3. The minimum Gasteiger partial charge on any atom is -0.310 e. The van der Waals surface area contributed by atoms with Gasteiger partial charge in [-0.25, -0.2) is 0 Å². The average Bonchev–Trinajstić information content (AvgIpc) is 3.64. The van der Waals surface area contributed by atoms with Crippen molar-refractivity contribution in [2.75, 3.05) is 4.90 Å². The molecule has 0 radical (unpaired) electrons. The molecule has 0 saturated carbocycles. The van der Waals surface area contributed by atoms with Gasteiger partial charge in [-0.15, -0.1) is 0 Å². The number of hydrogen-bond acceptors (Lipinski definition) is 1. The highest BCUT2D eigenvalue weighted by atomic mass is 15.1. The van der Waals surface area contributed by atoms with Crippen molar-refractivity contribution in [3.63, 3.8) is 0 Å². The molecule has 0 atom stereocenters. The number of nitrogens with zero attached hydrogens (tertiary/aromatic N) is 1. The Balaban J connectivity index is 1.07. The largest absolute Gasteiger partial charge is 0.310 e. The molecule has 12 rings (SSSR count). The first-order valence-electron chi connectivity index (χ1n) is 23.7. The van der Waals surface area contributed by atoms with Crippen LogP contribution in [0.4, 0.5) is 17.1 Å². The van der Waals surface area contributed by atoms with Gasteiger partial charge >= 0.3 is 0 Å². The van der Waals surface area contributed by atoms with Gasteiger partial charge in [-0.3, -0.25) is 0 Å². The SMILES string of the molecule is CC1(C)c2ccccc2-c2cc(N(c3ccc(-c4ccc(-c5cccc6cccc(-c7ccccc7)c56)c(-c5ccccc5)c4)c(-c4ccccc4)c3)c3ccccc3-c3ccccc3)ccc21. The fourth-order valence-corrected chi connectivity index (χ4v) is 10.8. The molecule has 0 fully saturated rings. The van der Waals surface area contributed by atoms with E-state index in [0.29, 0.717) is 0 Å². The van der Waals surface area contributed by atoms with Gasteiger partial charge in [-0.1, -0.05) is 238 Å². The van der Waals surface area contributed by atoms with E-state index in [1.165, 1.54) is 88.7 Å². The molecule has 0 N–H and O–H groups in total. The molecule has 0 spiro atoms. The second kappa shape index (κ2) is 17.0. The van der Waals surface area contributed by atoms with Crippen molar-refractivity contribution in [1.29, 1.82) is 0 Å². The summed E-state index contributed by atoms with van der Waals surface area (Å²) in [7, 11) is 0. The van der Waals surface area contributed by atoms with Crippen LogP contribution < -0.4 is 4.90 Å². The van der Waals surface area contributed by atoms with E-state index in [4.69, 9.17) is 0 Å². The Hall–Kier alpha value is -8.52. The van der Waals surface area contributed by atoms with Crippen molar-refractivity contribution in [2.24, 2.45) is 0 Å². The second-order valence-corrected chi connectivity index (χ2v) is 18.4. The molecule has 0 unspecified atom stereocenters. The lowest BCUT2D eigenvalue weighted by Gasteiger charge is -2.30. The summed E-state index contributed by atoms with van der Waals surface area (Å²) in [4.78, 5) is 2.47. The molecule has 11 aromatic carbocycles. The maximum absolute atomic E-state index is 2.47. The van der Waals surface area contributed by atoms with Crippen LogP contribution in [-0.4, -0.2) is 0 Å². The van der Waals surface area contributed by atoms with Gasteiger partial charge in [-0.05, 0) is 131 Å². The minimum atomic E-state index is -0.0920.